The third kappa shape index (κ3) is 5.64. The summed E-state index contributed by atoms with van der Waals surface area (Å²) in [5, 5.41) is 6.25. The van der Waals surface area contributed by atoms with Gasteiger partial charge in [-0.3, -0.25) is 9.36 Å². The minimum atomic E-state index is -2.77. The van der Waals surface area contributed by atoms with E-state index in [1.54, 1.807) is 37.4 Å². The summed E-state index contributed by atoms with van der Waals surface area (Å²) in [5.41, 5.74) is 1.04. The van der Waals surface area contributed by atoms with Crippen LogP contribution in [0.2, 0.25) is 0 Å². The Balaban J connectivity index is 1.45. The van der Waals surface area contributed by atoms with Crippen molar-refractivity contribution in [3.63, 3.8) is 0 Å². The molecule has 0 bridgehead atoms. The zero-order valence-electron chi connectivity index (χ0n) is 20.9. The minimum absolute atomic E-state index is 0.0894. The molecule has 2 saturated heterocycles. The number of nitrogens with one attached hydrogen (secondary N) is 2. The van der Waals surface area contributed by atoms with Gasteiger partial charge in [-0.1, -0.05) is 12.1 Å². The zero-order valence-corrected chi connectivity index (χ0v) is 20.9. The van der Waals surface area contributed by atoms with E-state index in [9.17, 15) is 13.6 Å². The number of carbonyl (C=O) groups excluding carboxylic acids is 1. The van der Waals surface area contributed by atoms with E-state index in [1.807, 2.05) is 4.90 Å². The number of amides is 1. The summed E-state index contributed by atoms with van der Waals surface area (Å²) in [6.07, 6.45) is -0.858. The van der Waals surface area contributed by atoms with E-state index < -0.39 is 6.43 Å². The molecule has 12 heteroatoms. The molecule has 4 heterocycles. The molecule has 2 aliphatic heterocycles. The number of hydrogen-bond acceptors (Lipinski definition) is 8. The number of imidazole rings is 1. The molecule has 1 aromatic carbocycles. The molecule has 3 aromatic rings. The van der Waals surface area contributed by atoms with Gasteiger partial charge >= 0.3 is 0 Å². The Labute approximate surface area is 214 Å². The van der Waals surface area contributed by atoms with Crippen LogP contribution in [0, 0.1) is 5.92 Å². The van der Waals surface area contributed by atoms with Crippen LogP contribution >= 0.6 is 0 Å². The molecule has 5 rings (SSSR count). The summed E-state index contributed by atoms with van der Waals surface area (Å²) in [4.78, 5) is 29.8. The Morgan fingerprint density at radius 2 is 1.92 bits per heavy atom. The minimum Gasteiger partial charge on any atom is -0.378 e. The van der Waals surface area contributed by atoms with Crippen LogP contribution < -0.4 is 15.5 Å². The Morgan fingerprint density at radius 1 is 1.14 bits per heavy atom. The van der Waals surface area contributed by atoms with Crippen LogP contribution in [-0.4, -0.2) is 89.9 Å². The number of fused-ring (bicyclic) bond motifs is 1. The number of likely N-dealkylation sites (tertiary alicyclic amines) is 1. The van der Waals surface area contributed by atoms with Crippen molar-refractivity contribution in [3.05, 3.63) is 36.2 Å². The number of benzene rings is 1. The number of nitrogens with zero attached hydrogens (tertiary/aromatic N) is 6. The van der Waals surface area contributed by atoms with Gasteiger partial charge in [-0.05, 0) is 37.9 Å². The number of ether oxygens (including phenoxy) is 1. The van der Waals surface area contributed by atoms with Crippen molar-refractivity contribution in [1.29, 1.82) is 0 Å². The number of alkyl halides is 2. The number of aromatic nitrogens is 4. The number of para-hydroxylation sites is 2. The SMILES string of the molecule is CNCC(=O)N1CCC[C@H](CNc2nc(N3CCOCC3)cc(-n3c(C(F)F)nc4ccccc43)n2)C1. The first-order valence-corrected chi connectivity index (χ1v) is 12.7. The number of halogens is 2. The maximum absolute atomic E-state index is 14.0. The average Bonchev–Trinajstić information content (AvgIpc) is 3.33. The molecule has 1 atom stereocenters. The smallest absolute Gasteiger partial charge is 0.296 e. The van der Waals surface area contributed by atoms with E-state index in [0.29, 0.717) is 74.6 Å². The van der Waals surface area contributed by atoms with Gasteiger partial charge in [0.05, 0.1) is 30.8 Å². The first-order chi connectivity index (χ1) is 18.0. The molecule has 0 spiro atoms. The molecule has 2 fully saturated rings. The first-order valence-electron chi connectivity index (χ1n) is 12.7. The van der Waals surface area contributed by atoms with E-state index in [0.717, 1.165) is 19.4 Å². The molecule has 37 heavy (non-hydrogen) atoms. The summed E-state index contributed by atoms with van der Waals surface area (Å²) in [6, 6.07) is 8.77. The van der Waals surface area contributed by atoms with Gasteiger partial charge in [-0.25, -0.2) is 13.8 Å². The van der Waals surface area contributed by atoms with Gasteiger partial charge in [0.2, 0.25) is 11.9 Å². The van der Waals surface area contributed by atoms with Crippen LogP contribution in [0.15, 0.2) is 30.3 Å². The Morgan fingerprint density at radius 3 is 2.70 bits per heavy atom. The second-order valence-corrected chi connectivity index (χ2v) is 9.36. The Bertz CT molecular complexity index is 1230. The molecule has 0 saturated carbocycles. The predicted octanol–water partition coefficient (Wildman–Crippen LogP) is 2.46. The highest BCUT2D eigenvalue weighted by Crippen LogP contribution is 2.29. The lowest BCUT2D eigenvalue weighted by Gasteiger charge is -2.33. The van der Waals surface area contributed by atoms with Crippen molar-refractivity contribution in [2.45, 2.75) is 19.3 Å². The van der Waals surface area contributed by atoms with Gasteiger partial charge in [-0.15, -0.1) is 0 Å². The fourth-order valence-corrected chi connectivity index (χ4v) is 4.96. The number of likely N-dealkylation sites (N-methyl/N-ethyl adjacent to an activating group) is 1. The molecule has 2 N–H and O–H groups in total. The van der Waals surface area contributed by atoms with Crippen LogP contribution in [0.3, 0.4) is 0 Å². The number of piperidine rings is 1. The monoisotopic (exact) mass is 514 g/mol. The van der Waals surface area contributed by atoms with Gasteiger partial charge in [0.15, 0.2) is 5.82 Å². The van der Waals surface area contributed by atoms with E-state index in [4.69, 9.17) is 9.72 Å². The molecule has 198 valence electrons. The molecular formula is C25H32F2N8O2. The molecule has 2 aliphatic rings. The van der Waals surface area contributed by atoms with Crippen LogP contribution in [0.5, 0.6) is 0 Å². The highest BCUT2D eigenvalue weighted by Gasteiger charge is 2.25. The van der Waals surface area contributed by atoms with Gasteiger partial charge in [0, 0.05) is 38.8 Å². The lowest BCUT2D eigenvalue weighted by atomic mass is 9.98. The van der Waals surface area contributed by atoms with Gasteiger partial charge in [0.1, 0.15) is 11.6 Å². The second-order valence-electron chi connectivity index (χ2n) is 9.36. The first kappa shape index (κ1) is 25.3. The van der Waals surface area contributed by atoms with Crippen molar-refractivity contribution >= 4 is 28.7 Å². The molecule has 1 amide bonds. The van der Waals surface area contributed by atoms with Gasteiger partial charge in [0.25, 0.3) is 6.43 Å². The lowest BCUT2D eigenvalue weighted by Crippen LogP contribution is -2.45. The third-order valence-corrected chi connectivity index (χ3v) is 6.79. The maximum Gasteiger partial charge on any atom is 0.296 e. The second kappa shape index (κ2) is 11.3. The maximum atomic E-state index is 14.0. The summed E-state index contributed by atoms with van der Waals surface area (Å²) >= 11 is 0. The van der Waals surface area contributed by atoms with Gasteiger partial charge in [-0.2, -0.15) is 9.97 Å². The number of rotatable bonds is 8. The molecule has 0 aliphatic carbocycles. The zero-order chi connectivity index (χ0) is 25.8. The quantitative estimate of drug-likeness (QED) is 0.473. The van der Waals surface area contributed by atoms with Crippen molar-refractivity contribution in [3.8, 4) is 5.82 Å². The standard InChI is InChI=1S/C25H32F2N8O2/c1-28-15-22(36)34-8-4-5-17(16-34)14-29-25-31-20(33-9-11-37-12-10-33)13-21(32-25)35-19-7-3-2-6-18(19)30-24(35)23(26)27/h2-3,6-7,13,17,23,28H,4-5,8-12,14-16H2,1H3,(H,29,31,32)/t17-/m1/s1. The molecule has 0 radical (unpaired) electrons. The Kier molecular flexibility index (Phi) is 7.75. The largest absolute Gasteiger partial charge is 0.378 e. The van der Waals surface area contributed by atoms with Crippen LogP contribution in [0.1, 0.15) is 25.1 Å². The van der Waals surface area contributed by atoms with Crippen LogP contribution in [-0.2, 0) is 9.53 Å². The highest BCUT2D eigenvalue weighted by atomic mass is 19.3. The summed E-state index contributed by atoms with van der Waals surface area (Å²) in [5.74, 6) is 1.30. The molecular weight excluding hydrogens is 482 g/mol. The normalized spacial score (nSPS) is 18.5. The summed E-state index contributed by atoms with van der Waals surface area (Å²) in [6.45, 7) is 4.73. The lowest BCUT2D eigenvalue weighted by molar-refractivity contribution is -0.131. The van der Waals surface area contributed by atoms with E-state index >= 15 is 0 Å². The summed E-state index contributed by atoms with van der Waals surface area (Å²) < 4.78 is 35.0. The fourth-order valence-electron chi connectivity index (χ4n) is 4.96. The van der Waals surface area contributed by atoms with Crippen LogP contribution in [0.25, 0.3) is 16.9 Å². The van der Waals surface area contributed by atoms with Crippen molar-refractivity contribution in [1.82, 2.24) is 29.7 Å². The topological polar surface area (TPSA) is 100 Å². The summed E-state index contributed by atoms with van der Waals surface area (Å²) in [7, 11) is 1.76. The van der Waals surface area contributed by atoms with Crippen molar-refractivity contribution in [2.75, 3.05) is 69.7 Å². The predicted molar refractivity (Wildman–Crippen MR) is 136 cm³/mol. The van der Waals surface area contributed by atoms with Crippen LogP contribution in [0.4, 0.5) is 20.5 Å². The molecule has 2 aromatic heterocycles. The van der Waals surface area contributed by atoms with Gasteiger partial charge < -0.3 is 25.2 Å². The van der Waals surface area contributed by atoms with E-state index in [2.05, 4.69) is 25.5 Å². The van der Waals surface area contributed by atoms with Crippen molar-refractivity contribution in [2.24, 2.45) is 5.92 Å². The average molecular weight is 515 g/mol. The molecule has 0 unspecified atom stereocenters. The van der Waals surface area contributed by atoms with Crippen molar-refractivity contribution < 1.29 is 18.3 Å². The Hall–Kier alpha value is -3.38. The number of hydrogen-bond donors (Lipinski definition) is 2. The number of morpholine rings is 1. The number of anilines is 2. The van der Waals surface area contributed by atoms with E-state index in [1.165, 1.54) is 4.57 Å². The highest BCUT2D eigenvalue weighted by molar-refractivity contribution is 5.79. The third-order valence-electron chi connectivity index (χ3n) is 6.79. The number of carbonyl (C=O) groups is 1. The fraction of sp³-hybridized carbons (Fsp3) is 0.520. The van der Waals surface area contributed by atoms with E-state index in [-0.39, 0.29) is 17.6 Å². The molecule has 10 nitrogen and oxygen atoms in total.